The fourth-order valence-electron chi connectivity index (χ4n) is 3.21. The van der Waals surface area contributed by atoms with Crippen LogP contribution in [0.1, 0.15) is 32.7 Å². The van der Waals surface area contributed by atoms with Crippen LogP contribution in [0.5, 0.6) is 0 Å². The molecule has 2 aromatic carbocycles. The van der Waals surface area contributed by atoms with Gasteiger partial charge in [-0.05, 0) is 43.3 Å². The number of carbonyl (C=O) groups is 5. The van der Waals surface area contributed by atoms with Gasteiger partial charge in [-0.1, -0.05) is 17.7 Å². The summed E-state index contributed by atoms with van der Waals surface area (Å²) in [7, 11) is 1.27. The van der Waals surface area contributed by atoms with Gasteiger partial charge in [-0.25, -0.2) is 4.79 Å². The lowest BCUT2D eigenvalue weighted by atomic mass is 10.1. The number of anilines is 1. The van der Waals surface area contributed by atoms with Gasteiger partial charge in [-0.3, -0.25) is 29.6 Å². The maximum Gasteiger partial charge on any atom is 0.337 e. The molecule has 1 aliphatic heterocycles. The standard InChI is InChI=1S/C23H23N3O7/c1-14-4-3-5-16(10-14)21(29)25-26-12-17(11-20(26)28)23(31)33-13-19(27)24-18-8-6-15(7-9-18)22(30)32-2/h3-10,17H,11-13H2,1-2H3,(H,24,27)(H,25,29)/t17-/m1/s1. The van der Waals surface area contributed by atoms with Gasteiger partial charge in [0, 0.05) is 17.7 Å². The Morgan fingerprint density at radius 1 is 1.06 bits per heavy atom. The Balaban J connectivity index is 1.46. The first kappa shape index (κ1) is 23.5. The molecule has 0 bridgehead atoms. The topological polar surface area (TPSA) is 131 Å². The predicted molar refractivity (Wildman–Crippen MR) is 116 cm³/mol. The van der Waals surface area contributed by atoms with Crippen LogP contribution in [0.25, 0.3) is 0 Å². The number of methoxy groups -OCH3 is 1. The summed E-state index contributed by atoms with van der Waals surface area (Å²) < 4.78 is 9.62. The van der Waals surface area contributed by atoms with Gasteiger partial charge < -0.3 is 14.8 Å². The van der Waals surface area contributed by atoms with Gasteiger partial charge in [-0.15, -0.1) is 0 Å². The molecule has 1 fully saturated rings. The number of ether oxygens (including phenoxy) is 2. The lowest BCUT2D eigenvalue weighted by Crippen LogP contribution is -2.43. The minimum Gasteiger partial charge on any atom is -0.465 e. The number of amides is 3. The third kappa shape index (κ3) is 6.16. The summed E-state index contributed by atoms with van der Waals surface area (Å²) in [6.07, 6.45) is -0.135. The molecule has 33 heavy (non-hydrogen) atoms. The van der Waals surface area contributed by atoms with E-state index in [0.29, 0.717) is 16.8 Å². The molecule has 0 radical (unpaired) electrons. The van der Waals surface area contributed by atoms with Gasteiger partial charge >= 0.3 is 11.9 Å². The summed E-state index contributed by atoms with van der Waals surface area (Å²) in [4.78, 5) is 60.3. The van der Waals surface area contributed by atoms with Gasteiger partial charge in [0.15, 0.2) is 6.61 Å². The summed E-state index contributed by atoms with van der Waals surface area (Å²) in [6, 6.07) is 12.9. The van der Waals surface area contributed by atoms with Crippen LogP contribution in [0.3, 0.4) is 0 Å². The van der Waals surface area contributed by atoms with E-state index < -0.39 is 42.2 Å². The Bertz CT molecular complexity index is 1080. The first-order valence-corrected chi connectivity index (χ1v) is 10.1. The van der Waals surface area contributed by atoms with Crippen LogP contribution in [0, 0.1) is 12.8 Å². The second-order valence-corrected chi connectivity index (χ2v) is 7.44. The molecule has 1 saturated heterocycles. The van der Waals surface area contributed by atoms with Gasteiger partial charge in [-0.2, -0.15) is 0 Å². The van der Waals surface area contributed by atoms with Crippen molar-refractivity contribution in [1.29, 1.82) is 0 Å². The zero-order valence-electron chi connectivity index (χ0n) is 18.1. The Morgan fingerprint density at radius 3 is 2.45 bits per heavy atom. The van der Waals surface area contributed by atoms with Crippen molar-refractivity contribution in [3.05, 3.63) is 65.2 Å². The second-order valence-electron chi connectivity index (χ2n) is 7.44. The van der Waals surface area contributed by atoms with Crippen molar-refractivity contribution >= 4 is 35.3 Å². The highest BCUT2D eigenvalue weighted by Crippen LogP contribution is 2.18. The van der Waals surface area contributed by atoms with Crippen LogP contribution in [-0.4, -0.2) is 54.9 Å². The van der Waals surface area contributed by atoms with Crippen LogP contribution in [0.2, 0.25) is 0 Å². The molecule has 0 saturated carbocycles. The van der Waals surface area contributed by atoms with E-state index in [1.54, 1.807) is 18.2 Å². The van der Waals surface area contributed by atoms with Crippen LogP contribution >= 0.6 is 0 Å². The highest BCUT2D eigenvalue weighted by Gasteiger charge is 2.36. The van der Waals surface area contributed by atoms with Crippen molar-refractivity contribution in [2.45, 2.75) is 13.3 Å². The molecule has 172 valence electrons. The third-order valence-electron chi connectivity index (χ3n) is 4.91. The summed E-state index contributed by atoms with van der Waals surface area (Å²) in [5.74, 6) is -3.49. The van der Waals surface area contributed by atoms with Crippen molar-refractivity contribution in [3.63, 3.8) is 0 Å². The zero-order chi connectivity index (χ0) is 24.0. The van der Waals surface area contributed by atoms with Crippen molar-refractivity contribution in [2.24, 2.45) is 5.92 Å². The summed E-state index contributed by atoms with van der Waals surface area (Å²) in [6.45, 7) is 1.25. The van der Waals surface area contributed by atoms with Gasteiger partial charge in [0.25, 0.3) is 11.8 Å². The van der Waals surface area contributed by atoms with E-state index in [0.717, 1.165) is 10.6 Å². The number of hydrazine groups is 1. The Morgan fingerprint density at radius 2 is 1.79 bits per heavy atom. The molecule has 1 atom stereocenters. The molecule has 2 N–H and O–H groups in total. The van der Waals surface area contributed by atoms with E-state index >= 15 is 0 Å². The van der Waals surface area contributed by atoms with Crippen molar-refractivity contribution < 1.29 is 33.4 Å². The molecule has 10 nitrogen and oxygen atoms in total. The van der Waals surface area contributed by atoms with E-state index in [1.807, 2.05) is 13.0 Å². The molecule has 2 aromatic rings. The molecule has 1 aliphatic rings. The number of nitrogens with one attached hydrogen (secondary N) is 2. The first-order valence-electron chi connectivity index (χ1n) is 10.1. The van der Waals surface area contributed by atoms with Gasteiger partial charge in [0.2, 0.25) is 5.91 Å². The van der Waals surface area contributed by atoms with E-state index in [4.69, 9.17) is 4.74 Å². The van der Waals surface area contributed by atoms with Crippen LogP contribution in [0.4, 0.5) is 5.69 Å². The first-order chi connectivity index (χ1) is 15.8. The molecular formula is C23H23N3O7. The average molecular weight is 453 g/mol. The fourth-order valence-corrected chi connectivity index (χ4v) is 3.21. The molecule has 0 spiro atoms. The number of esters is 2. The molecule has 3 rings (SSSR count). The summed E-state index contributed by atoms with van der Waals surface area (Å²) >= 11 is 0. The quantitative estimate of drug-likeness (QED) is 0.607. The number of aryl methyl sites for hydroxylation is 1. The van der Waals surface area contributed by atoms with E-state index in [9.17, 15) is 24.0 Å². The van der Waals surface area contributed by atoms with Crippen LogP contribution < -0.4 is 10.7 Å². The predicted octanol–water partition coefficient (Wildman–Crippen LogP) is 1.46. The number of hydrogen-bond donors (Lipinski definition) is 2. The smallest absolute Gasteiger partial charge is 0.337 e. The monoisotopic (exact) mass is 453 g/mol. The maximum absolute atomic E-state index is 12.3. The normalized spacial score (nSPS) is 15.0. The van der Waals surface area contributed by atoms with E-state index in [2.05, 4.69) is 15.5 Å². The number of hydrogen-bond acceptors (Lipinski definition) is 7. The molecule has 0 aromatic heterocycles. The minimum absolute atomic E-state index is 0.0498. The van der Waals surface area contributed by atoms with Gasteiger partial charge in [0.1, 0.15) is 0 Å². The van der Waals surface area contributed by atoms with Crippen LogP contribution in [-0.2, 0) is 23.9 Å². The summed E-state index contributed by atoms with van der Waals surface area (Å²) in [5, 5.41) is 3.62. The van der Waals surface area contributed by atoms with Gasteiger partial charge in [0.05, 0.1) is 25.1 Å². The number of benzene rings is 2. The van der Waals surface area contributed by atoms with E-state index in [1.165, 1.54) is 31.4 Å². The van der Waals surface area contributed by atoms with Crippen molar-refractivity contribution in [3.8, 4) is 0 Å². The largest absolute Gasteiger partial charge is 0.465 e. The molecule has 1 heterocycles. The highest BCUT2D eigenvalue weighted by atomic mass is 16.5. The summed E-state index contributed by atoms with van der Waals surface area (Å²) in [5.41, 5.74) is 4.52. The molecule has 0 aliphatic carbocycles. The number of carbonyl (C=O) groups excluding carboxylic acids is 5. The van der Waals surface area contributed by atoms with Crippen LogP contribution in [0.15, 0.2) is 48.5 Å². The second kappa shape index (κ2) is 10.4. The number of rotatable bonds is 7. The Labute approximate surface area is 189 Å². The molecule has 10 heteroatoms. The Kier molecular flexibility index (Phi) is 7.39. The molecule has 3 amide bonds. The lowest BCUT2D eigenvalue weighted by molar-refractivity contribution is -0.151. The SMILES string of the molecule is COC(=O)c1ccc(NC(=O)COC(=O)[C@@H]2CC(=O)N(NC(=O)c3cccc(C)c3)C2)cc1. The van der Waals surface area contributed by atoms with Crippen molar-refractivity contribution in [1.82, 2.24) is 10.4 Å². The Hall–Kier alpha value is -4.21. The lowest BCUT2D eigenvalue weighted by Gasteiger charge is -2.17. The highest BCUT2D eigenvalue weighted by molar-refractivity contribution is 5.97. The van der Waals surface area contributed by atoms with Crippen molar-refractivity contribution in [2.75, 3.05) is 25.6 Å². The molecular weight excluding hydrogens is 430 g/mol. The molecule has 0 unspecified atom stereocenters. The third-order valence-corrected chi connectivity index (χ3v) is 4.91. The zero-order valence-corrected chi connectivity index (χ0v) is 18.1. The minimum atomic E-state index is -0.803. The average Bonchev–Trinajstić information content (AvgIpc) is 3.17. The fraction of sp³-hybridized carbons (Fsp3) is 0.261. The maximum atomic E-state index is 12.3. The number of nitrogens with zero attached hydrogens (tertiary/aromatic N) is 1. The van der Waals surface area contributed by atoms with E-state index in [-0.39, 0.29) is 13.0 Å².